The lowest BCUT2D eigenvalue weighted by atomic mass is 10.0. The van der Waals surface area contributed by atoms with E-state index in [0.717, 1.165) is 12.3 Å². The van der Waals surface area contributed by atoms with Gasteiger partial charge in [-0.2, -0.15) is 25.7 Å². The molecule has 4 heterocycles. The molecule has 0 aliphatic carbocycles. The Morgan fingerprint density at radius 1 is 1.03 bits per heavy atom. The van der Waals surface area contributed by atoms with Crippen LogP contribution in [-0.4, -0.2) is 68.1 Å². The number of carbonyl (C=O) groups is 1. The van der Waals surface area contributed by atoms with E-state index in [0.29, 0.717) is 38.2 Å². The van der Waals surface area contributed by atoms with Crippen LogP contribution in [0.4, 0.5) is 19.5 Å². The monoisotopic (exact) mass is 488 g/mol. The number of hydrogen-bond donors (Lipinski definition) is 0. The normalized spacial score (nSPS) is 17.2. The summed E-state index contributed by atoms with van der Waals surface area (Å²) < 4.78 is 29.5. The fraction of sp³-hybridized carbons (Fsp3) is 0.261. The summed E-state index contributed by atoms with van der Waals surface area (Å²) in [5.74, 6) is -1.04. The highest BCUT2D eigenvalue weighted by Gasteiger charge is 2.34. The van der Waals surface area contributed by atoms with E-state index >= 15 is 0 Å². The molecule has 2 aromatic heterocycles. The van der Waals surface area contributed by atoms with Crippen LogP contribution in [0.5, 0.6) is 0 Å². The number of benzene rings is 1. The number of hydrazone groups is 1. The smallest absolute Gasteiger partial charge is 0.337 e. The summed E-state index contributed by atoms with van der Waals surface area (Å²) in [6, 6.07) is 7.02. The van der Waals surface area contributed by atoms with Gasteiger partial charge in [-0.1, -0.05) is 0 Å². The number of hydrogen-bond acceptors (Lipinski definition) is 8. The average Bonchev–Trinajstić information content (AvgIpc) is 3.58. The zero-order valence-corrected chi connectivity index (χ0v) is 18.8. The molecule has 0 saturated carbocycles. The Balaban J connectivity index is 1.28. The lowest BCUT2D eigenvalue weighted by molar-refractivity contribution is 0.139. The summed E-state index contributed by atoms with van der Waals surface area (Å²) >= 11 is 0. The maximum atomic E-state index is 14.3. The second-order valence-electron chi connectivity index (χ2n) is 8.16. The van der Waals surface area contributed by atoms with E-state index in [9.17, 15) is 13.6 Å². The fourth-order valence-corrected chi connectivity index (χ4v) is 4.15. The molecule has 1 saturated heterocycles. The molecule has 3 aromatic rings. The van der Waals surface area contributed by atoms with Crippen LogP contribution in [0.3, 0.4) is 0 Å². The minimum atomic E-state index is -0.685. The first kappa shape index (κ1) is 22.9. The van der Waals surface area contributed by atoms with Crippen LogP contribution in [0, 0.1) is 34.3 Å². The summed E-state index contributed by atoms with van der Waals surface area (Å²) in [7, 11) is 0. The van der Waals surface area contributed by atoms with Gasteiger partial charge in [0.15, 0.2) is 11.6 Å². The molecule has 36 heavy (non-hydrogen) atoms. The minimum absolute atomic E-state index is 0.0823. The predicted molar refractivity (Wildman–Crippen MR) is 122 cm³/mol. The quantitative estimate of drug-likeness (QED) is 0.553. The summed E-state index contributed by atoms with van der Waals surface area (Å²) in [6.07, 6.45) is 5.73. The van der Waals surface area contributed by atoms with Crippen molar-refractivity contribution < 1.29 is 13.6 Å². The Bertz CT molecular complexity index is 1430. The van der Waals surface area contributed by atoms with Gasteiger partial charge in [-0.05, 0) is 23.8 Å². The molecule has 1 atom stereocenters. The van der Waals surface area contributed by atoms with Crippen molar-refractivity contribution in [2.24, 2.45) is 5.10 Å². The molecule has 1 fully saturated rings. The fourth-order valence-electron chi connectivity index (χ4n) is 4.15. The number of nitriles is 2. The molecule has 13 heteroatoms. The second kappa shape index (κ2) is 9.38. The first-order valence-electron chi connectivity index (χ1n) is 11.0. The Kier molecular flexibility index (Phi) is 5.96. The van der Waals surface area contributed by atoms with Crippen molar-refractivity contribution in [3.8, 4) is 18.0 Å². The number of amides is 2. The van der Waals surface area contributed by atoms with Crippen molar-refractivity contribution >= 4 is 18.2 Å². The molecule has 5 rings (SSSR count). The van der Waals surface area contributed by atoms with Crippen molar-refractivity contribution in [1.82, 2.24) is 29.7 Å². The van der Waals surface area contributed by atoms with Crippen LogP contribution in [0.15, 0.2) is 41.9 Å². The van der Waals surface area contributed by atoms with Crippen LogP contribution in [0.2, 0.25) is 0 Å². The summed E-state index contributed by atoms with van der Waals surface area (Å²) in [6.45, 7) is 1.45. The van der Waals surface area contributed by atoms with Crippen molar-refractivity contribution in [3.05, 3.63) is 65.1 Å². The van der Waals surface area contributed by atoms with Crippen molar-refractivity contribution in [2.45, 2.75) is 12.5 Å². The van der Waals surface area contributed by atoms with E-state index in [1.165, 1.54) is 28.2 Å². The first-order valence-corrected chi connectivity index (χ1v) is 11.0. The summed E-state index contributed by atoms with van der Waals surface area (Å²) in [5, 5.41) is 27.6. The highest BCUT2D eigenvalue weighted by atomic mass is 19.1. The third-order valence-corrected chi connectivity index (χ3v) is 5.93. The highest BCUT2D eigenvalue weighted by molar-refractivity contribution is 5.78. The molecule has 1 aromatic carbocycles. The van der Waals surface area contributed by atoms with Gasteiger partial charge >= 0.3 is 6.03 Å². The zero-order valence-electron chi connectivity index (χ0n) is 18.8. The standard InChI is InChI=1S/C23H18F2N10O/c24-18-8-15(10-26)7-17(9-18)20-1-2-29-35(20)23(36)33-5-3-32(4-6-33)22-28-13-19(25)21(31-22)34-14-16(11-27)12-30-34/h2,7-9,12-14,20H,1,3-6H2. The number of aromatic nitrogens is 4. The minimum Gasteiger partial charge on any atom is -0.337 e. The van der Waals surface area contributed by atoms with Gasteiger partial charge in [-0.3, -0.25) is 0 Å². The number of piperazine rings is 1. The topological polar surface area (TPSA) is 130 Å². The second-order valence-corrected chi connectivity index (χ2v) is 8.16. The summed E-state index contributed by atoms with van der Waals surface area (Å²) in [5.41, 5.74) is 0.948. The van der Waals surface area contributed by atoms with Gasteiger partial charge in [0.1, 0.15) is 11.9 Å². The maximum absolute atomic E-state index is 14.3. The highest BCUT2D eigenvalue weighted by Crippen LogP contribution is 2.30. The molecule has 0 radical (unpaired) electrons. The Morgan fingerprint density at radius 2 is 1.81 bits per heavy atom. The number of rotatable bonds is 3. The molecular weight excluding hydrogens is 470 g/mol. The largest absolute Gasteiger partial charge is 0.341 e. The molecule has 0 N–H and O–H groups in total. The number of carbonyl (C=O) groups excluding carboxylic acids is 1. The molecule has 2 aliphatic rings. The molecular formula is C23H18F2N10O. The SMILES string of the molecule is N#Cc1cc(F)cc(C2CC=NN2C(=O)N2CCN(c3ncc(F)c(-n4cc(C#N)cn4)n3)CC2)c1. The third-order valence-electron chi connectivity index (χ3n) is 5.93. The first-order chi connectivity index (χ1) is 17.5. The number of anilines is 1. The molecule has 2 amide bonds. The van der Waals surface area contributed by atoms with Crippen LogP contribution in [0.1, 0.15) is 29.2 Å². The van der Waals surface area contributed by atoms with Gasteiger partial charge in [-0.25, -0.2) is 28.3 Å². The Hall–Kier alpha value is -4.91. The number of halogens is 2. The van der Waals surface area contributed by atoms with E-state index in [1.807, 2.05) is 17.0 Å². The lowest BCUT2D eigenvalue weighted by Crippen LogP contribution is -2.52. The van der Waals surface area contributed by atoms with Gasteiger partial charge < -0.3 is 9.80 Å². The Labute approximate surface area is 204 Å². The van der Waals surface area contributed by atoms with E-state index in [1.54, 1.807) is 17.2 Å². The van der Waals surface area contributed by atoms with Gasteiger partial charge in [0.2, 0.25) is 5.95 Å². The molecule has 0 bridgehead atoms. The average molecular weight is 488 g/mol. The van der Waals surface area contributed by atoms with Crippen molar-refractivity contribution in [3.63, 3.8) is 0 Å². The van der Waals surface area contributed by atoms with Crippen molar-refractivity contribution in [1.29, 1.82) is 10.5 Å². The van der Waals surface area contributed by atoms with Crippen LogP contribution < -0.4 is 4.90 Å². The molecule has 1 unspecified atom stereocenters. The third kappa shape index (κ3) is 4.30. The van der Waals surface area contributed by atoms with E-state index in [-0.39, 0.29) is 28.9 Å². The molecule has 0 spiro atoms. The van der Waals surface area contributed by atoms with Gasteiger partial charge in [0, 0.05) is 38.8 Å². The van der Waals surface area contributed by atoms with E-state index in [2.05, 4.69) is 20.2 Å². The number of nitrogens with zero attached hydrogens (tertiary/aromatic N) is 10. The molecule has 2 aliphatic heterocycles. The summed E-state index contributed by atoms with van der Waals surface area (Å²) in [4.78, 5) is 25.0. The van der Waals surface area contributed by atoms with Crippen LogP contribution in [0.25, 0.3) is 5.82 Å². The van der Waals surface area contributed by atoms with Crippen molar-refractivity contribution in [2.75, 3.05) is 31.1 Å². The van der Waals surface area contributed by atoms with E-state index < -0.39 is 17.7 Å². The molecule has 11 nitrogen and oxygen atoms in total. The maximum Gasteiger partial charge on any atom is 0.341 e. The lowest BCUT2D eigenvalue weighted by Gasteiger charge is -2.37. The Morgan fingerprint density at radius 3 is 2.53 bits per heavy atom. The van der Waals surface area contributed by atoms with Gasteiger partial charge in [-0.15, -0.1) is 0 Å². The van der Waals surface area contributed by atoms with E-state index in [4.69, 9.17) is 10.5 Å². The van der Waals surface area contributed by atoms with Gasteiger partial charge in [0.05, 0.1) is 41.8 Å². The molecule has 180 valence electrons. The van der Waals surface area contributed by atoms with Crippen LogP contribution >= 0.6 is 0 Å². The zero-order chi connectivity index (χ0) is 25.2. The van der Waals surface area contributed by atoms with Crippen LogP contribution in [-0.2, 0) is 0 Å². The number of urea groups is 1. The predicted octanol–water partition coefficient (Wildman–Crippen LogP) is 2.36. The van der Waals surface area contributed by atoms with Gasteiger partial charge in [0.25, 0.3) is 0 Å².